The van der Waals surface area contributed by atoms with E-state index in [2.05, 4.69) is 0 Å². The molecule has 92 valence electrons. The van der Waals surface area contributed by atoms with E-state index in [0.717, 1.165) is 18.4 Å². The molecule has 1 aliphatic rings. The summed E-state index contributed by atoms with van der Waals surface area (Å²) in [5, 5.41) is 0. The van der Waals surface area contributed by atoms with Crippen molar-refractivity contribution in [3.8, 4) is 0 Å². The second-order valence-electron chi connectivity index (χ2n) is 5.04. The fraction of sp³-hybridized carbons (Fsp3) is 0.533. The molecule has 1 unspecified atom stereocenters. The van der Waals surface area contributed by atoms with E-state index < -0.39 is 5.41 Å². The van der Waals surface area contributed by atoms with Crippen LogP contribution in [0.15, 0.2) is 30.3 Å². The van der Waals surface area contributed by atoms with Gasteiger partial charge >= 0.3 is 5.97 Å². The van der Waals surface area contributed by atoms with Gasteiger partial charge in [0.25, 0.3) is 0 Å². The molecule has 1 fully saturated rings. The highest BCUT2D eigenvalue weighted by molar-refractivity contribution is 5.83. The number of benzene rings is 1. The maximum atomic E-state index is 12.2. The summed E-state index contributed by atoms with van der Waals surface area (Å²) in [5.74, 6) is 0.313. The Kier molecular flexibility index (Phi) is 3.51. The summed E-state index contributed by atoms with van der Waals surface area (Å²) in [6.45, 7) is 2.03. The van der Waals surface area contributed by atoms with Crippen LogP contribution in [0.2, 0.25) is 0 Å². The maximum Gasteiger partial charge on any atom is 0.316 e. The van der Waals surface area contributed by atoms with Gasteiger partial charge in [0.2, 0.25) is 0 Å². The first-order chi connectivity index (χ1) is 8.19. The number of carbonyl (C=O) groups is 1. The van der Waals surface area contributed by atoms with Crippen molar-refractivity contribution in [3.63, 3.8) is 0 Å². The highest BCUT2D eigenvalue weighted by Crippen LogP contribution is 2.42. The van der Waals surface area contributed by atoms with Gasteiger partial charge in [-0.1, -0.05) is 43.2 Å². The van der Waals surface area contributed by atoms with E-state index in [1.165, 1.54) is 20.0 Å². The first-order valence-electron chi connectivity index (χ1n) is 6.33. The molecule has 0 N–H and O–H groups in total. The molecule has 0 aliphatic heterocycles. The number of carbonyl (C=O) groups excluding carboxylic acids is 1. The third-order valence-electron chi connectivity index (χ3n) is 4.15. The molecule has 0 heterocycles. The molecule has 0 radical (unpaired) electrons. The first-order valence-corrected chi connectivity index (χ1v) is 6.33. The molecule has 0 saturated heterocycles. The van der Waals surface area contributed by atoms with Gasteiger partial charge in [0.1, 0.15) is 0 Å². The fourth-order valence-electron chi connectivity index (χ4n) is 3.02. The van der Waals surface area contributed by atoms with Gasteiger partial charge in [0, 0.05) is 0 Å². The molecule has 1 aliphatic carbocycles. The molecule has 1 atom stereocenters. The lowest BCUT2D eigenvalue weighted by atomic mass is 9.71. The van der Waals surface area contributed by atoms with Crippen molar-refractivity contribution < 1.29 is 9.53 Å². The Morgan fingerprint density at radius 2 is 1.82 bits per heavy atom. The molecule has 0 bridgehead atoms. The molecular formula is C15H20O2. The van der Waals surface area contributed by atoms with Crippen molar-refractivity contribution in [3.05, 3.63) is 35.9 Å². The molecule has 2 heteroatoms. The Morgan fingerprint density at radius 1 is 1.24 bits per heavy atom. The average Bonchev–Trinajstić information content (AvgIpc) is 2.92. The zero-order valence-electron chi connectivity index (χ0n) is 10.6. The molecule has 0 aromatic heterocycles. The van der Waals surface area contributed by atoms with Gasteiger partial charge in [-0.3, -0.25) is 4.79 Å². The zero-order valence-corrected chi connectivity index (χ0v) is 10.6. The van der Waals surface area contributed by atoms with E-state index >= 15 is 0 Å². The van der Waals surface area contributed by atoms with Crippen LogP contribution in [0.5, 0.6) is 0 Å². The molecule has 1 aromatic carbocycles. The van der Waals surface area contributed by atoms with Gasteiger partial charge < -0.3 is 4.74 Å². The predicted molar refractivity (Wildman–Crippen MR) is 67.8 cm³/mol. The minimum absolute atomic E-state index is 0.101. The fourth-order valence-corrected chi connectivity index (χ4v) is 3.02. The summed E-state index contributed by atoms with van der Waals surface area (Å²) in [4.78, 5) is 12.2. The van der Waals surface area contributed by atoms with Gasteiger partial charge in [0.05, 0.1) is 12.5 Å². The van der Waals surface area contributed by atoms with E-state index in [0.29, 0.717) is 5.92 Å². The largest absolute Gasteiger partial charge is 0.468 e. The number of esters is 1. The summed E-state index contributed by atoms with van der Waals surface area (Å²) in [6, 6.07) is 10.0. The van der Waals surface area contributed by atoms with Crippen molar-refractivity contribution in [2.75, 3.05) is 7.11 Å². The molecular weight excluding hydrogens is 212 g/mol. The summed E-state index contributed by atoms with van der Waals surface area (Å²) < 4.78 is 5.04. The van der Waals surface area contributed by atoms with Gasteiger partial charge in [0.15, 0.2) is 0 Å². The number of hydrogen-bond acceptors (Lipinski definition) is 2. The Hall–Kier alpha value is -1.31. The van der Waals surface area contributed by atoms with E-state index in [-0.39, 0.29) is 5.97 Å². The second-order valence-corrected chi connectivity index (χ2v) is 5.04. The second kappa shape index (κ2) is 4.91. The highest BCUT2D eigenvalue weighted by atomic mass is 16.5. The number of rotatable bonds is 3. The summed E-state index contributed by atoms with van der Waals surface area (Å²) in [7, 11) is 1.48. The molecule has 2 rings (SSSR count). The van der Waals surface area contributed by atoms with E-state index in [1.807, 2.05) is 37.3 Å². The predicted octanol–water partition coefficient (Wildman–Crippen LogP) is 3.31. The van der Waals surface area contributed by atoms with Crippen molar-refractivity contribution in [2.45, 2.75) is 38.0 Å². The van der Waals surface area contributed by atoms with Crippen molar-refractivity contribution >= 4 is 5.97 Å². The Morgan fingerprint density at radius 3 is 2.35 bits per heavy atom. The number of methoxy groups -OCH3 is 1. The van der Waals surface area contributed by atoms with Crippen LogP contribution in [0.4, 0.5) is 0 Å². The van der Waals surface area contributed by atoms with Crippen LogP contribution >= 0.6 is 0 Å². The molecule has 1 saturated carbocycles. The van der Waals surface area contributed by atoms with Crippen molar-refractivity contribution in [1.29, 1.82) is 0 Å². The maximum absolute atomic E-state index is 12.2. The highest BCUT2D eigenvalue weighted by Gasteiger charge is 2.44. The lowest BCUT2D eigenvalue weighted by Gasteiger charge is -2.33. The van der Waals surface area contributed by atoms with Gasteiger partial charge in [-0.15, -0.1) is 0 Å². The van der Waals surface area contributed by atoms with Gasteiger partial charge in [-0.05, 0) is 31.2 Å². The van der Waals surface area contributed by atoms with Crippen LogP contribution in [0, 0.1) is 5.92 Å². The summed E-state index contributed by atoms with van der Waals surface area (Å²) in [5.41, 5.74) is 0.603. The third-order valence-corrected chi connectivity index (χ3v) is 4.15. The van der Waals surface area contributed by atoms with Gasteiger partial charge in [-0.25, -0.2) is 0 Å². The van der Waals surface area contributed by atoms with Crippen LogP contribution in [0.25, 0.3) is 0 Å². The standard InChI is InChI=1S/C15H20O2/c1-15(14(16)17-2,13-10-6-7-11-13)12-8-4-3-5-9-12/h3-5,8-9,13H,6-7,10-11H2,1-2H3. The zero-order chi connectivity index (χ0) is 12.3. The molecule has 1 aromatic rings. The Bertz CT molecular complexity index is 379. The molecule has 0 amide bonds. The van der Waals surface area contributed by atoms with Crippen LogP contribution < -0.4 is 0 Å². The average molecular weight is 232 g/mol. The minimum Gasteiger partial charge on any atom is -0.468 e. The molecule has 0 spiro atoms. The van der Waals surface area contributed by atoms with Crippen LogP contribution in [0.1, 0.15) is 38.2 Å². The smallest absolute Gasteiger partial charge is 0.316 e. The van der Waals surface area contributed by atoms with Crippen LogP contribution in [-0.2, 0) is 14.9 Å². The Labute approximate surface area is 103 Å². The van der Waals surface area contributed by atoms with Crippen molar-refractivity contribution in [1.82, 2.24) is 0 Å². The Balaban J connectivity index is 2.39. The SMILES string of the molecule is COC(=O)C(C)(c1ccccc1)C1CCCC1. The van der Waals surface area contributed by atoms with E-state index in [4.69, 9.17) is 4.74 Å². The van der Waals surface area contributed by atoms with Crippen LogP contribution in [0.3, 0.4) is 0 Å². The lowest BCUT2D eigenvalue weighted by Crippen LogP contribution is -2.40. The lowest BCUT2D eigenvalue weighted by molar-refractivity contribution is -0.149. The third kappa shape index (κ3) is 2.08. The topological polar surface area (TPSA) is 26.3 Å². The van der Waals surface area contributed by atoms with Gasteiger partial charge in [-0.2, -0.15) is 0 Å². The molecule has 2 nitrogen and oxygen atoms in total. The quantitative estimate of drug-likeness (QED) is 0.747. The van der Waals surface area contributed by atoms with Crippen molar-refractivity contribution in [2.24, 2.45) is 5.92 Å². The monoisotopic (exact) mass is 232 g/mol. The normalized spacial score (nSPS) is 19.9. The van der Waals surface area contributed by atoms with Crippen LogP contribution in [-0.4, -0.2) is 13.1 Å². The first kappa shape index (κ1) is 12.2. The molecule has 17 heavy (non-hydrogen) atoms. The summed E-state index contributed by atoms with van der Waals surface area (Å²) >= 11 is 0. The summed E-state index contributed by atoms with van der Waals surface area (Å²) in [6.07, 6.45) is 4.70. The van der Waals surface area contributed by atoms with E-state index in [9.17, 15) is 4.79 Å². The minimum atomic E-state index is -0.480. The van der Waals surface area contributed by atoms with E-state index in [1.54, 1.807) is 0 Å². The number of ether oxygens (including phenoxy) is 1. The number of hydrogen-bond donors (Lipinski definition) is 0.